The molecule has 2 unspecified atom stereocenters. The van der Waals surface area contributed by atoms with E-state index < -0.39 is 17.3 Å². The van der Waals surface area contributed by atoms with Crippen molar-refractivity contribution in [1.29, 1.82) is 0 Å². The van der Waals surface area contributed by atoms with Gasteiger partial charge >= 0.3 is 5.97 Å². The van der Waals surface area contributed by atoms with Crippen LogP contribution in [-0.4, -0.2) is 34.5 Å². The molecule has 1 saturated heterocycles. The average Bonchev–Trinajstić information content (AvgIpc) is 3.16. The number of nitrogens with zero attached hydrogens (tertiary/aromatic N) is 1. The third-order valence-corrected chi connectivity index (χ3v) is 5.42. The van der Waals surface area contributed by atoms with Crippen LogP contribution < -0.4 is 0 Å². The van der Waals surface area contributed by atoms with E-state index in [0.717, 1.165) is 22.9 Å². The molecule has 1 saturated carbocycles. The van der Waals surface area contributed by atoms with Crippen molar-refractivity contribution in [3.63, 3.8) is 0 Å². The Labute approximate surface area is 132 Å². The van der Waals surface area contributed by atoms with Crippen molar-refractivity contribution in [2.24, 2.45) is 5.92 Å². The third kappa shape index (κ3) is 2.37. The number of carboxylic acids is 1. The SMILES string of the molecule is CC1C(C(=O)O)CCN1C(=O)C1(c2ccc(Br)cc2)CC1. The molecule has 1 aliphatic heterocycles. The minimum absolute atomic E-state index is 0.0982. The summed E-state index contributed by atoms with van der Waals surface area (Å²) in [6.07, 6.45) is 2.27. The van der Waals surface area contributed by atoms with Crippen LogP contribution in [0, 0.1) is 5.92 Å². The van der Waals surface area contributed by atoms with Gasteiger partial charge in [-0.2, -0.15) is 0 Å². The van der Waals surface area contributed by atoms with Crippen molar-refractivity contribution in [1.82, 2.24) is 4.90 Å². The van der Waals surface area contributed by atoms with Crippen molar-refractivity contribution in [3.05, 3.63) is 34.3 Å². The Morgan fingerprint density at radius 1 is 1.29 bits per heavy atom. The second-order valence-electron chi connectivity index (χ2n) is 6.06. The summed E-state index contributed by atoms with van der Waals surface area (Å²) in [5.74, 6) is -1.14. The van der Waals surface area contributed by atoms with E-state index in [-0.39, 0.29) is 11.9 Å². The number of aliphatic carboxylic acids is 1. The van der Waals surface area contributed by atoms with Crippen molar-refractivity contribution in [2.75, 3.05) is 6.54 Å². The monoisotopic (exact) mass is 351 g/mol. The highest BCUT2D eigenvalue weighted by atomic mass is 79.9. The first kappa shape index (κ1) is 14.6. The van der Waals surface area contributed by atoms with Crippen molar-refractivity contribution >= 4 is 27.8 Å². The number of likely N-dealkylation sites (tertiary alicyclic amines) is 1. The van der Waals surface area contributed by atoms with Crippen LogP contribution in [0.3, 0.4) is 0 Å². The molecule has 0 aromatic heterocycles. The predicted octanol–water partition coefficient (Wildman–Crippen LogP) is 2.80. The van der Waals surface area contributed by atoms with Gasteiger partial charge in [-0.25, -0.2) is 0 Å². The minimum Gasteiger partial charge on any atom is -0.481 e. The highest BCUT2D eigenvalue weighted by Crippen LogP contribution is 2.50. The Kier molecular flexibility index (Phi) is 3.56. The summed E-state index contributed by atoms with van der Waals surface area (Å²) >= 11 is 3.41. The molecule has 3 rings (SSSR count). The number of amides is 1. The van der Waals surface area contributed by atoms with E-state index in [2.05, 4.69) is 15.9 Å². The summed E-state index contributed by atoms with van der Waals surface area (Å²) in [5, 5.41) is 9.21. The standard InChI is InChI=1S/C16H18BrNO3/c1-10-13(14(19)20)6-9-18(10)15(21)16(7-8-16)11-2-4-12(17)5-3-11/h2-5,10,13H,6-9H2,1H3,(H,19,20). The number of carbonyl (C=O) groups is 2. The second kappa shape index (κ2) is 5.13. The van der Waals surface area contributed by atoms with E-state index in [9.17, 15) is 14.7 Å². The van der Waals surface area contributed by atoms with Gasteiger partial charge in [0.15, 0.2) is 0 Å². The summed E-state index contributed by atoms with van der Waals surface area (Å²) in [6, 6.07) is 7.67. The van der Waals surface area contributed by atoms with Gasteiger partial charge in [-0.15, -0.1) is 0 Å². The number of hydrogen-bond donors (Lipinski definition) is 1. The first-order chi connectivity index (χ1) is 9.95. The van der Waals surface area contributed by atoms with Crippen LogP contribution in [0.25, 0.3) is 0 Å². The van der Waals surface area contributed by atoms with Gasteiger partial charge in [0.1, 0.15) is 0 Å². The predicted molar refractivity (Wildman–Crippen MR) is 82.0 cm³/mol. The van der Waals surface area contributed by atoms with Gasteiger partial charge in [0.25, 0.3) is 0 Å². The van der Waals surface area contributed by atoms with E-state index in [1.165, 1.54) is 0 Å². The summed E-state index contributed by atoms with van der Waals surface area (Å²) in [7, 11) is 0. The van der Waals surface area contributed by atoms with Gasteiger partial charge in [0, 0.05) is 17.1 Å². The number of benzene rings is 1. The van der Waals surface area contributed by atoms with E-state index in [4.69, 9.17) is 0 Å². The molecular weight excluding hydrogens is 334 g/mol. The van der Waals surface area contributed by atoms with Crippen LogP contribution in [-0.2, 0) is 15.0 Å². The fourth-order valence-electron chi connectivity index (χ4n) is 3.35. The van der Waals surface area contributed by atoms with Gasteiger partial charge < -0.3 is 10.0 Å². The zero-order valence-corrected chi connectivity index (χ0v) is 13.5. The molecule has 1 amide bonds. The molecule has 5 heteroatoms. The van der Waals surface area contributed by atoms with Crippen molar-refractivity contribution in [3.8, 4) is 0 Å². The largest absolute Gasteiger partial charge is 0.481 e. The molecule has 2 atom stereocenters. The Morgan fingerprint density at radius 3 is 2.38 bits per heavy atom. The maximum atomic E-state index is 12.9. The minimum atomic E-state index is -0.800. The molecule has 1 N–H and O–H groups in total. The zero-order chi connectivity index (χ0) is 15.2. The number of hydrogen-bond acceptors (Lipinski definition) is 2. The fourth-order valence-corrected chi connectivity index (χ4v) is 3.62. The van der Waals surface area contributed by atoms with Gasteiger partial charge in [0.05, 0.1) is 11.3 Å². The molecule has 0 spiro atoms. The highest BCUT2D eigenvalue weighted by Gasteiger charge is 2.55. The summed E-state index contributed by atoms with van der Waals surface area (Å²) in [5.41, 5.74) is 0.629. The quantitative estimate of drug-likeness (QED) is 0.910. The van der Waals surface area contributed by atoms with Gasteiger partial charge in [0.2, 0.25) is 5.91 Å². The van der Waals surface area contributed by atoms with Gasteiger partial charge in [-0.1, -0.05) is 28.1 Å². The molecule has 1 aliphatic carbocycles. The summed E-state index contributed by atoms with van der Waals surface area (Å²) in [6.45, 7) is 2.40. The topological polar surface area (TPSA) is 57.6 Å². The Balaban J connectivity index is 1.82. The number of halogens is 1. The maximum absolute atomic E-state index is 12.9. The molecule has 1 heterocycles. The van der Waals surface area contributed by atoms with Crippen molar-refractivity contribution < 1.29 is 14.7 Å². The lowest BCUT2D eigenvalue weighted by Crippen LogP contribution is -2.43. The molecule has 21 heavy (non-hydrogen) atoms. The first-order valence-electron chi connectivity index (χ1n) is 7.25. The van der Waals surface area contributed by atoms with Crippen LogP contribution in [0.4, 0.5) is 0 Å². The van der Waals surface area contributed by atoms with Gasteiger partial charge in [-0.3, -0.25) is 9.59 Å². The molecular formula is C16H18BrNO3. The smallest absolute Gasteiger partial charge is 0.308 e. The van der Waals surface area contributed by atoms with Crippen molar-refractivity contribution in [2.45, 2.75) is 37.6 Å². The highest BCUT2D eigenvalue weighted by molar-refractivity contribution is 9.10. The maximum Gasteiger partial charge on any atom is 0.308 e. The molecule has 2 aliphatic rings. The zero-order valence-electron chi connectivity index (χ0n) is 11.9. The number of carbonyl (C=O) groups excluding carboxylic acids is 1. The molecule has 1 aromatic carbocycles. The first-order valence-corrected chi connectivity index (χ1v) is 8.05. The lowest BCUT2D eigenvalue weighted by molar-refractivity contribution is -0.143. The summed E-state index contributed by atoms with van der Waals surface area (Å²) < 4.78 is 0.995. The second-order valence-corrected chi connectivity index (χ2v) is 6.98. The Hall–Kier alpha value is -1.36. The number of carboxylic acid groups (broad SMARTS) is 1. The van der Waals surface area contributed by atoms with Gasteiger partial charge in [-0.05, 0) is 43.9 Å². The van der Waals surface area contributed by atoms with Crippen LogP contribution in [0.1, 0.15) is 31.7 Å². The lowest BCUT2D eigenvalue weighted by atomic mass is 9.93. The van der Waals surface area contributed by atoms with Crippen LogP contribution >= 0.6 is 15.9 Å². The van der Waals surface area contributed by atoms with Crippen LogP contribution in [0.15, 0.2) is 28.7 Å². The van der Waals surface area contributed by atoms with Crippen LogP contribution in [0.5, 0.6) is 0 Å². The normalized spacial score (nSPS) is 26.7. The lowest BCUT2D eigenvalue weighted by Gasteiger charge is -2.28. The van der Waals surface area contributed by atoms with Crippen LogP contribution in [0.2, 0.25) is 0 Å². The average molecular weight is 352 g/mol. The van der Waals surface area contributed by atoms with E-state index >= 15 is 0 Å². The van der Waals surface area contributed by atoms with E-state index in [1.54, 1.807) is 4.90 Å². The van der Waals surface area contributed by atoms with E-state index in [1.807, 2.05) is 31.2 Å². The number of rotatable bonds is 3. The molecule has 2 fully saturated rings. The fraction of sp³-hybridized carbons (Fsp3) is 0.500. The molecule has 0 radical (unpaired) electrons. The Bertz CT molecular complexity index is 580. The Morgan fingerprint density at radius 2 is 1.90 bits per heavy atom. The molecule has 112 valence electrons. The molecule has 1 aromatic rings. The third-order valence-electron chi connectivity index (χ3n) is 4.89. The molecule has 4 nitrogen and oxygen atoms in total. The molecule has 0 bridgehead atoms. The van der Waals surface area contributed by atoms with E-state index in [0.29, 0.717) is 13.0 Å². The summed E-state index contributed by atoms with van der Waals surface area (Å²) in [4.78, 5) is 25.9.